The van der Waals surface area contributed by atoms with Gasteiger partial charge in [-0.25, -0.2) is 0 Å². The number of benzene rings is 3. The van der Waals surface area contributed by atoms with E-state index >= 15 is 0 Å². The molecule has 3 heterocycles. The highest BCUT2D eigenvalue weighted by Gasteiger charge is 2.41. The number of rotatable bonds is 9. The van der Waals surface area contributed by atoms with Crippen molar-refractivity contribution in [1.82, 2.24) is 9.88 Å². The van der Waals surface area contributed by atoms with Gasteiger partial charge in [0.05, 0.1) is 17.2 Å². The zero-order valence-corrected chi connectivity index (χ0v) is 25.2. The number of likely N-dealkylation sites (N-methyl/N-ethyl adjacent to an activating group) is 1. The summed E-state index contributed by atoms with van der Waals surface area (Å²) in [5.74, 6) is -2.21. The summed E-state index contributed by atoms with van der Waals surface area (Å²) in [6.45, 7) is 3.22. The van der Waals surface area contributed by atoms with E-state index in [1.807, 2.05) is 96.1 Å². The molecule has 0 saturated carbocycles. The van der Waals surface area contributed by atoms with Crippen LogP contribution in [0.25, 0.3) is 11.1 Å². The number of likely N-dealkylation sites (tertiary alicyclic amines) is 1. The van der Waals surface area contributed by atoms with E-state index in [1.165, 1.54) is 11.3 Å². The molecule has 0 bridgehead atoms. The van der Waals surface area contributed by atoms with Crippen LogP contribution in [0.2, 0.25) is 0 Å². The second-order valence-corrected chi connectivity index (χ2v) is 11.8. The predicted molar refractivity (Wildman–Crippen MR) is 171 cm³/mol. The lowest BCUT2D eigenvalue weighted by Crippen LogP contribution is -2.29. The Morgan fingerprint density at radius 2 is 1.75 bits per heavy atom. The first-order valence-electron chi connectivity index (χ1n) is 14.5. The molecule has 1 aliphatic rings. The van der Waals surface area contributed by atoms with Crippen LogP contribution in [0.4, 0.5) is 17.4 Å². The van der Waals surface area contributed by atoms with Crippen LogP contribution in [0.5, 0.6) is 0 Å². The van der Waals surface area contributed by atoms with E-state index < -0.39 is 11.9 Å². The van der Waals surface area contributed by atoms with Crippen LogP contribution in [0.3, 0.4) is 0 Å². The van der Waals surface area contributed by atoms with Gasteiger partial charge < -0.3 is 19.3 Å². The highest BCUT2D eigenvalue weighted by molar-refractivity contribution is 7.12. The van der Waals surface area contributed by atoms with Gasteiger partial charge in [0.1, 0.15) is 5.52 Å². The molecule has 2 atom stereocenters. The minimum atomic E-state index is -0.925. The second kappa shape index (κ2) is 12.3. The first kappa shape index (κ1) is 29.1. The Labute approximate surface area is 259 Å². The fraction of sp³-hybridized carbons (Fsp3) is 0.235. The lowest BCUT2D eigenvalue weighted by Gasteiger charge is -2.20. The highest BCUT2D eigenvalue weighted by atomic mass is 32.1. The van der Waals surface area contributed by atoms with E-state index in [0.717, 1.165) is 22.3 Å². The smallest absolute Gasteiger partial charge is 0.308 e. The van der Waals surface area contributed by atoms with Gasteiger partial charge in [0.25, 0.3) is 5.91 Å². The van der Waals surface area contributed by atoms with Crippen molar-refractivity contribution in [1.29, 1.82) is 0 Å². The fourth-order valence-corrected chi connectivity index (χ4v) is 6.41. The first-order chi connectivity index (χ1) is 21.3. The maximum atomic E-state index is 13.3. The molecule has 9 nitrogen and oxygen atoms in total. The van der Waals surface area contributed by atoms with E-state index in [0.29, 0.717) is 35.3 Å². The fourth-order valence-electron chi connectivity index (χ4n) is 5.71. The van der Waals surface area contributed by atoms with Gasteiger partial charge in [-0.1, -0.05) is 42.5 Å². The molecule has 1 fully saturated rings. The summed E-state index contributed by atoms with van der Waals surface area (Å²) in [5, 5.41) is 11.7. The van der Waals surface area contributed by atoms with Crippen molar-refractivity contribution in [2.75, 3.05) is 36.5 Å². The first-order valence-corrected chi connectivity index (χ1v) is 15.3. The predicted octanol–water partition coefficient (Wildman–Crippen LogP) is 6.19. The van der Waals surface area contributed by atoms with Gasteiger partial charge in [0.15, 0.2) is 5.58 Å². The summed E-state index contributed by atoms with van der Waals surface area (Å²) < 4.78 is 6.10. The number of aliphatic carboxylic acids is 1. The molecule has 2 aromatic heterocycles. The Bertz CT molecular complexity index is 1790. The molecule has 10 heteroatoms. The largest absolute Gasteiger partial charge is 0.481 e. The van der Waals surface area contributed by atoms with Gasteiger partial charge in [-0.05, 0) is 65.9 Å². The lowest BCUT2D eigenvalue weighted by atomic mass is 9.89. The Hall–Kier alpha value is -4.96. The summed E-state index contributed by atoms with van der Waals surface area (Å²) in [6.07, 6.45) is 0.171. The monoisotopic (exact) mass is 608 g/mol. The molecular weight excluding hydrogens is 576 g/mol. The number of carboxylic acid groups (broad SMARTS) is 1. The molecule has 3 aromatic carbocycles. The molecule has 1 saturated heterocycles. The van der Waals surface area contributed by atoms with Gasteiger partial charge in [-0.15, -0.1) is 11.3 Å². The number of anilines is 3. The molecule has 6 rings (SSSR count). The van der Waals surface area contributed by atoms with Crippen molar-refractivity contribution in [3.63, 3.8) is 0 Å². The SMILES string of the molecule is CCN(c1ccccc1)c1nc2ccc(CC(=O)N(C)c3ccc(C4CN(C(=O)c5cccs5)CC4C(=O)O)cc3)cc2o1. The summed E-state index contributed by atoms with van der Waals surface area (Å²) in [7, 11) is 1.72. The number of amides is 2. The summed E-state index contributed by atoms with van der Waals surface area (Å²) in [4.78, 5) is 48.7. The third-order valence-corrected chi connectivity index (χ3v) is 9.01. The zero-order valence-electron chi connectivity index (χ0n) is 24.4. The molecule has 224 valence electrons. The number of fused-ring (bicyclic) bond motifs is 1. The highest BCUT2D eigenvalue weighted by Crippen LogP contribution is 2.35. The number of hydrogen-bond acceptors (Lipinski definition) is 7. The average Bonchev–Trinajstić information content (AvgIpc) is 3.82. The van der Waals surface area contributed by atoms with Crippen LogP contribution in [0.1, 0.15) is 33.6 Å². The Morgan fingerprint density at radius 3 is 2.43 bits per heavy atom. The van der Waals surface area contributed by atoms with Crippen molar-refractivity contribution in [3.8, 4) is 0 Å². The number of carbonyl (C=O) groups excluding carboxylic acids is 2. The molecule has 1 aliphatic heterocycles. The molecule has 0 radical (unpaired) electrons. The van der Waals surface area contributed by atoms with E-state index in [2.05, 4.69) is 4.98 Å². The van der Waals surface area contributed by atoms with Gasteiger partial charge in [0.2, 0.25) is 5.91 Å². The number of para-hydroxylation sites is 1. The van der Waals surface area contributed by atoms with Crippen molar-refractivity contribution in [3.05, 3.63) is 106 Å². The number of thiophene rings is 1. The molecule has 2 unspecified atom stereocenters. The zero-order chi connectivity index (χ0) is 30.8. The standard InChI is InChI=1S/C34H32N4O5S/c1-3-38(25-8-5-4-6-9-25)34-35-28-16-11-22(18-29(28)43-34)19-31(39)36(2)24-14-12-23(13-15-24)26-20-37(21-27(26)33(41)42)32(40)30-10-7-17-44-30/h4-18,26-27H,3,19-21H2,1-2H3,(H,41,42). The number of nitrogens with zero attached hydrogens (tertiary/aromatic N) is 4. The van der Waals surface area contributed by atoms with Crippen LogP contribution >= 0.6 is 11.3 Å². The van der Waals surface area contributed by atoms with Crippen LogP contribution in [0, 0.1) is 5.92 Å². The van der Waals surface area contributed by atoms with E-state index in [-0.39, 0.29) is 30.7 Å². The Balaban J connectivity index is 1.13. The number of carbonyl (C=O) groups is 3. The Kier molecular flexibility index (Phi) is 8.17. The van der Waals surface area contributed by atoms with Crippen LogP contribution in [0.15, 0.2) is 94.7 Å². The van der Waals surface area contributed by atoms with Crippen molar-refractivity contribution >= 4 is 57.6 Å². The number of aromatic nitrogens is 1. The van der Waals surface area contributed by atoms with E-state index in [9.17, 15) is 19.5 Å². The second-order valence-electron chi connectivity index (χ2n) is 10.8. The maximum Gasteiger partial charge on any atom is 0.308 e. The Morgan fingerprint density at radius 1 is 0.977 bits per heavy atom. The minimum absolute atomic E-state index is 0.103. The third kappa shape index (κ3) is 5.80. The van der Waals surface area contributed by atoms with Crippen LogP contribution < -0.4 is 9.80 Å². The summed E-state index contributed by atoms with van der Waals surface area (Å²) >= 11 is 1.35. The quantitative estimate of drug-likeness (QED) is 0.213. The molecule has 5 aromatic rings. The van der Waals surface area contributed by atoms with E-state index in [4.69, 9.17) is 4.42 Å². The van der Waals surface area contributed by atoms with E-state index in [1.54, 1.807) is 22.9 Å². The van der Waals surface area contributed by atoms with Crippen molar-refractivity contribution in [2.45, 2.75) is 19.3 Å². The van der Waals surface area contributed by atoms with Crippen LogP contribution in [-0.4, -0.2) is 59.5 Å². The minimum Gasteiger partial charge on any atom is -0.481 e. The molecule has 44 heavy (non-hydrogen) atoms. The normalized spacial score (nSPS) is 16.3. The lowest BCUT2D eigenvalue weighted by molar-refractivity contribution is -0.141. The summed E-state index contributed by atoms with van der Waals surface area (Å²) in [6, 6.07) is 27.0. The van der Waals surface area contributed by atoms with Gasteiger partial charge in [0, 0.05) is 44.0 Å². The number of oxazole rings is 1. The number of carboxylic acids is 1. The summed E-state index contributed by atoms with van der Waals surface area (Å²) in [5.41, 5.74) is 4.65. The molecule has 2 amide bonds. The molecule has 0 spiro atoms. The average molecular weight is 609 g/mol. The van der Waals surface area contributed by atoms with Crippen molar-refractivity contribution < 1.29 is 23.9 Å². The molecule has 0 aliphatic carbocycles. The van der Waals surface area contributed by atoms with Gasteiger partial charge in [-0.2, -0.15) is 4.98 Å². The number of hydrogen-bond donors (Lipinski definition) is 1. The molecule has 1 N–H and O–H groups in total. The maximum absolute atomic E-state index is 13.3. The molecular formula is C34H32N4O5S. The topological polar surface area (TPSA) is 107 Å². The van der Waals surface area contributed by atoms with Gasteiger partial charge in [-0.3, -0.25) is 19.3 Å². The van der Waals surface area contributed by atoms with Gasteiger partial charge >= 0.3 is 12.0 Å². The van der Waals surface area contributed by atoms with Crippen molar-refractivity contribution in [2.24, 2.45) is 5.92 Å². The third-order valence-electron chi connectivity index (χ3n) is 8.15. The van der Waals surface area contributed by atoms with Crippen LogP contribution in [-0.2, 0) is 16.0 Å².